The van der Waals surface area contributed by atoms with Gasteiger partial charge < -0.3 is 4.90 Å². The molecule has 0 aliphatic carbocycles. The monoisotopic (exact) mass is 218 g/mol. The molecule has 1 heterocycles. The van der Waals surface area contributed by atoms with E-state index in [1.165, 1.54) is 6.08 Å². The number of hydrogen-bond donors (Lipinski definition) is 1. The van der Waals surface area contributed by atoms with E-state index in [-0.39, 0.29) is 5.34 Å². The Kier molecular flexibility index (Phi) is 4.33. The van der Waals surface area contributed by atoms with Crippen LogP contribution in [0.3, 0.4) is 0 Å². The lowest BCUT2D eigenvalue weighted by molar-refractivity contribution is -0.0316. The maximum Gasteiger partial charge on any atom is 0.239 e. The minimum absolute atomic E-state index is 0.108. The summed E-state index contributed by atoms with van der Waals surface area (Å²) in [4.78, 5) is 1.89. The molecule has 4 nitrogen and oxygen atoms in total. The zero-order valence-electron chi connectivity index (χ0n) is 9.00. The Labute approximate surface area is 88.1 Å². The third-order valence-corrected chi connectivity index (χ3v) is 1.97. The third kappa shape index (κ3) is 3.38. The van der Waals surface area contributed by atoms with Gasteiger partial charge in [-0.05, 0) is 18.2 Å². The van der Waals surface area contributed by atoms with Crippen LogP contribution in [0.5, 0.6) is 0 Å². The van der Waals surface area contributed by atoms with Crippen LogP contribution in [0.4, 0.5) is 8.87 Å². The van der Waals surface area contributed by atoms with Crippen LogP contribution >= 0.6 is 0 Å². The predicted octanol–water partition coefficient (Wildman–Crippen LogP) is 1.94. The molecule has 0 saturated heterocycles. The number of hydrazone groups is 1. The van der Waals surface area contributed by atoms with Gasteiger partial charge in [-0.3, -0.25) is 0 Å². The van der Waals surface area contributed by atoms with Gasteiger partial charge in [-0.15, -0.1) is 0 Å². The molecule has 15 heavy (non-hydrogen) atoms. The fraction of sp³-hybridized carbons (Fsp3) is 0.667. The highest BCUT2D eigenvalue weighted by Crippen LogP contribution is 2.10. The molecule has 0 aromatic heterocycles. The first-order valence-corrected chi connectivity index (χ1v) is 5.10. The second kappa shape index (κ2) is 5.53. The van der Waals surface area contributed by atoms with Crippen LogP contribution in [-0.2, 0) is 0 Å². The normalized spacial score (nSPS) is 15.6. The van der Waals surface area contributed by atoms with Gasteiger partial charge in [0.25, 0.3) is 0 Å². The molecule has 1 rings (SSSR count). The summed E-state index contributed by atoms with van der Waals surface area (Å²) in [5.74, 6) is -0.419. The van der Waals surface area contributed by atoms with Crippen molar-refractivity contribution in [2.45, 2.75) is 26.7 Å². The van der Waals surface area contributed by atoms with Crippen LogP contribution in [0.1, 0.15) is 26.7 Å². The topological polar surface area (TPSA) is 30.9 Å². The average Bonchev–Trinajstić information content (AvgIpc) is 2.16. The Morgan fingerprint density at radius 1 is 1.40 bits per heavy atom. The summed E-state index contributed by atoms with van der Waals surface area (Å²) < 4.78 is 25.6. The molecule has 1 N–H and O–H groups in total. The first kappa shape index (κ1) is 11.7. The summed E-state index contributed by atoms with van der Waals surface area (Å²) in [5, 5.41) is 2.83. The molecule has 0 radical (unpaired) electrons. The molecular weight excluding hydrogens is 202 g/mol. The molecule has 1 aliphatic rings. The number of hydrogen-bond acceptors (Lipinski definition) is 4. The molecule has 0 saturated carbocycles. The van der Waals surface area contributed by atoms with Crippen molar-refractivity contribution < 1.29 is 8.87 Å². The van der Waals surface area contributed by atoms with E-state index in [0.717, 1.165) is 25.9 Å². The molecule has 6 heteroatoms. The second-order valence-corrected chi connectivity index (χ2v) is 3.31. The van der Waals surface area contributed by atoms with Gasteiger partial charge in [0.05, 0.1) is 0 Å². The van der Waals surface area contributed by atoms with Crippen molar-refractivity contribution in [3.63, 3.8) is 0 Å². The standard InChI is InChI=1S/C9H16F2N4/c1-3-5-14(6-4-2)9-7-8(10)12-15(11)13-9/h7,13H,3-6H2,1-2H3. The van der Waals surface area contributed by atoms with E-state index in [0.29, 0.717) is 5.82 Å². The number of halogens is 2. The van der Waals surface area contributed by atoms with Crippen molar-refractivity contribution in [2.24, 2.45) is 5.10 Å². The molecule has 0 unspecified atom stereocenters. The van der Waals surface area contributed by atoms with Gasteiger partial charge in [-0.1, -0.05) is 23.4 Å². The largest absolute Gasteiger partial charge is 0.357 e. The molecule has 0 spiro atoms. The molecule has 86 valence electrons. The lowest BCUT2D eigenvalue weighted by Gasteiger charge is -2.29. The van der Waals surface area contributed by atoms with E-state index in [9.17, 15) is 8.87 Å². The van der Waals surface area contributed by atoms with E-state index < -0.39 is 5.97 Å². The van der Waals surface area contributed by atoms with E-state index in [1.807, 2.05) is 18.7 Å². The third-order valence-electron chi connectivity index (χ3n) is 1.97. The van der Waals surface area contributed by atoms with E-state index in [4.69, 9.17) is 0 Å². The number of rotatable bonds is 5. The first-order chi connectivity index (χ1) is 7.17. The van der Waals surface area contributed by atoms with Crippen LogP contribution in [0.25, 0.3) is 0 Å². The Hall–Kier alpha value is -1.33. The fourth-order valence-corrected chi connectivity index (χ4v) is 1.43. The first-order valence-electron chi connectivity index (χ1n) is 5.10. The van der Waals surface area contributed by atoms with Crippen molar-refractivity contribution in [1.29, 1.82) is 0 Å². The fourth-order valence-electron chi connectivity index (χ4n) is 1.43. The number of nitrogens with zero attached hydrogens (tertiary/aromatic N) is 3. The van der Waals surface area contributed by atoms with E-state index in [2.05, 4.69) is 10.5 Å². The summed E-state index contributed by atoms with van der Waals surface area (Å²) in [5.41, 5.74) is 2.34. The zero-order chi connectivity index (χ0) is 11.3. The number of allylic oxidation sites excluding steroid dienone is 1. The lowest BCUT2D eigenvalue weighted by atomic mass is 10.3. The van der Waals surface area contributed by atoms with Crippen molar-refractivity contribution in [1.82, 2.24) is 15.7 Å². The van der Waals surface area contributed by atoms with Crippen molar-refractivity contribution in [2.75, 3.05) is 13.1 Å². The molecular formula is C9H16F2N4. The van der Waals surface area contributed by atoms with Crippen LogP contribution < -0.4 is 5.43 Å². The highest BCUT2D eigenvalue weighted by Gasteiger charge is 2.16. The molecule has 0 bridgehead atoms. The summed E-state index contributed by atoms with van der Waals surface area (Å²) in [6.45, 7) is 5.55. The van der Waals surface area contributed by atoms with Gasteiger partial charge in [-0.2, -0.15) is 4.39 Å². The number of nitrogens with one attached hydrogen (secondary N) is 1. The smallest absolute Gasteiger partial charge is 0.239 e. The summed E-state index contributed by atoms with van der Waals surface area (Å²) in [6.07, 6.45) is 3.04. The lowest BCUT2D eigenvalue weighted by Crippen LogP contribution is -2.40. The SMILES string of the molecule is CCCN(CCC)C1=CC(F)=NN(F)N1. The summed E-state index contributed by atoms with van der Waals surface area (Å²) in [6, 6.07) is 0. The van der Waals surface area contributed by atoms with Crippen LogP contribution in [0.2, 0.25) is 0 Å². The van der Waals surface area contributed by atoms with Crippen LogP contribution in [0, 0.1) is 0 Å². The van der Waals surface area contributed by atoms with Gasteiger partial charge in [0.2, 0.25) is 5.97 Å². The van der Waals surface area contributed by atoms with Gasteiger partial charge in [0.15, 0.2) is 0 Å². The Balaban J connectivity index is 2.70. The molecule has 1 aliphatic heterocycles. The van der Waals surface area contributed by atoms with Crippen LogP contribution in [-0.4, -0.2) is 29.3 Å². The van der Waals surface area contributed by atoms with Gasteiger partial charge >= 0.3 is 0 Å². The second-order valence-electron chi connectivity index (χ2n) is 3.31. The minimum atomic E-state index is -0.830. The maximum absolute atomic E-state index is 12.9. The highest BCUT2D eigenvalue weighted by molar-refractivity contribution is 5.87. The summed E-state index contributed by atoms with van der Waals surface area (Å²) >= 11 is 0. The molecule has 0 atom stereocenters. The number of hydrazine groups is 1. The Morgan fingerprint density at radius 2 is 2.00 bits per heavy atom. The molecule has 0 aromatic carbocycles. The quantitative estimate of drug-likeness (QED) is 0.715. The van der Waals surface area contributed by atoms with E-state index in [1.54, 1.807) is 0 Å². The van der Waals surface area contributed by atoms with Gasteiger partial charge in [0.1, 0.15) is 5.82 Å². The van der Waals surface area contributed by atoms with Crippen molar-refractivity contribution in [3.05, 3.63) is 11.9 Å². The van der Waals surface area contributed by atoms with Crippen LogP contribution in [0.15, 0.2) is 17.0 Å². The average molecular weight is 218 g/mol. The molecule has 0 fully saturated rings. The minimum Gasteiger partial charge on any atom is -0.357 e. The highest BCUT2D eigenvalue weighted by atomic mass is 19.2. The van der Waals surface area contributed by atoms with E-state index >= 15 is 0 Å². The van der Waals surface area contributed by atoms with Crippen molar-refractivity contribution in [3.8, 4) is 0 Å². The molecule has 0 amide bonds. The van der Waals surface area contributed by atoms with Crippen molar-refractivity contribution >= 4 is 5.97 Å². The molecule has 0 aromatic rings. The summed E-state index contributed by atoms with van der Waals surface area (Å²) in [7, 11) is 0. The zero-order valence-corrected chi connectivity index (χ0v) is 9.00. The van der Waals surface area contributed by atoms with Gasteiger partial charge in [0, 0.05) is 19.2 Å². The Bertz CT molecular complexity index is 259. The predicted molar refractivity (Wildman–Crippen MR) is 54.9 cm³/mol. The maximum atomic E-state index is 12.9. The Morgan fingerprint density at radius 3 is 2.47 bits per heavy atom. The van der Waals surface area contributed by atoms with Gasteiger partial charge in [-0.25, -0.2) is 5.43 Å².